The van der Waals surface area contributed by atoms with Gasteiger partial charge in [0.05, 0.1) is 9.50 Å². The zero-order chi connectivity index (χ0) is 10.2. The second-order valence-corrected chi connectivity index (χ2v) is 6.67. The summed E-state index contributed by atoms with van der Waals surface area (Å²) >= 11 is 12.0. The van der Waals surface area contributed by atoms with E-state index in [9.17, 15) is 8.42 Å². The van der Waals surface area contributed by atoms with Crippen LogP contribution in [0.2, 0.25) is 5.02 Å². The highest BCUT2D eigenvalue weighted by molar-refractivity contribution is 9.13. The zero-order valence-corrected chi connectivity index (χ0v) is 11.4. The Bertz CT molecular complexity index is 444. The van der Waals surface area contributed by atoms with E-state index in [1.165, 1.54) is 6.07 Å². The Balaban J connectivity index is 3.53. The lowest BCUT2D eigenvalue weighted by Crippen LogP contribution is -1.92. The topological polar surface area (TPSA) is 34.1 Å². The fourth-order valence-corrected chi connectivity index (χ4v) is 3.14. The molecule has 0 heterocycles. The van der Waals surface area contributed by atoms with E-state index in [2.05, 4.69) is 31.9 Å². The van der Waals surface area contributed by atoms with Crippen LogP contribution in [0.5, 0.6) is 0 Å². The van der Waals surface area contributed by atoms with Gasteiger partial charge in [0.1, 0.15) is 4.90 Å². The molecular weight excluding hydrogens is 367 g/mol. The third kappa shape index (κ3) is 2.59. The van der Waals surface area contributed by atoms with Crippen LogP contribution in [0.25, 0.3) is 0 Å². The van der Waals surface area contributed by atoms with E-state index in [4.69, 9.17) is 22.3 Å². The Labute approximate surface area is 102 Å². The van der Waals surface area contributed by atoms with Crippen LogP contribution in [0.3, 0.4) is 0 Å². The number of hydrogen-bond donors (Lipinski definition) is 0. The van der Waals surface area contributed by atoms with Crippen molar-refractivity contribution in [2.75, 3.05) is 0 Å². The summed E-state index contributed by atoms with van der Waals surface area (Å²) in [7, 11) is 1.36. The molecule has 0 aromatic heterocycles. The van der Waals surface area contributed by atoms with Gasteiger partial charge in [-0.05, 0) is 44.0 Å². The van der Waals surface area contributed by atoms with E-state index in [1.54, 1.807) is 6.07 Å². The highest BCUT2D eigenvalue weighted by Gasteiger charge is 2.17. The molecule has 2 nitrogen and oxygen atoms in total. The van der Waals surface area contributed by atoms with Gasteiger partial charge < -0.3 is 0 Å². The van der Waals surface area contributed by atoms with Crippen LogP contribution in [-0.2, 0) is 9.05 Å². The summed E-state index contributed by atoms with van der Waals surface area (Å²) in [6.45, 7) is 0. The summed E-state index contributed by atoms with van der Waals surface area (Å²) in [5.41, 5.74) is 0. The molecule has 0 N–H and O–H groups in total. The first-order valence-corrected chi connectivity index (χ1v) is 7.19. The smallest absolute Gasteiger partial charge is 0.207 e. The number of rotatable bonds is 1. The average molecular weight is 369 g/mol. The molecule has 1 aromatic rings. The number of halogens is 4. The Kier molecular flexibility index (Phi) is 3.68. The highest BCUT2D eigenvalue weighted by atomic mass is 79.9. The molecular formula is C6H2Br2Cl2O2S. The summed E-state index contributed by atoms with van der Waals surface area (Å²) < 4.78 is 23.1. The molecule has 0 amide bonds. The van der Waals surface area contributed by atoms with Gasteiger partial charge in [0, 0.05) is 15.2 Å². The third-order valence-electron chi connectivity index (χ3n) is 1.26. The second-order valence-electron chi connectivity index (χ2n) is 2.11. The zero-order valence-electron chi connectivity index (χ0n) is 5.89. The maximum atomic E-state index is 11.0. The molecule has 0 aliphatic heterocycles. The van der Waals surface area contributed by atoms with E-state index < -0.39 is 9.05 Å². The SMILES string of the molecule is O=S(=O)(Cl)c1ccc(Br)c(Br)c1Cl. The van der Waals surface area contributed by atoms with Crippen molar-refractivity contribution in [1.82, 2.24) is 0 Å². The van der Waals surface area contributed by atoms with Gasteiger partial charge in [-0.3, -0.25) is 0 Å². The fourth-order valence-electron chi connectivity index (χ4n) is 0.696. The van der Waals surface area contributed by atoms with Crippen LogP contribution in [0.1, 0.15) is 0 Å². The van der Waals surface area contributed by atoms with Gasteiger partial charge in [0.15, 0.2) is 0 Å². The summed E-state index contributed by atoms with van der Waals surface area (Å²) in [5, 5.41) is 0.0735. The lowest BCUT2D eigenvalue weighted by molar-refractivity contribution is 0.609. The second kappa shape index (κ2) is 4.06. The van der Waals surface area contributed by atoms with Gasteiger partial charge in [0.25, 0.3) is 9.05 Å². The van der Waals surface area contributed by atoms with Crippen molar-refractivity contribution >= 4 is 63.2 Å². The monoisotopic (exact) mass is 366 g/mol. The molecule has 0 saturated carbocycles. The molecule has 7 heteroatoms. The average Bonchev–Trinajstić information content (AvgIpc) is 1.98. The fraction of sp³-hybridized carbons (Fsp3) is 0. The molecule has 1 rings (SSSR count). The summed E-state index contributed by atoms with van der Waals surface area (Å²) in [6.07, 6.45) is 0. The van der Waals surface area contributed by atoms with Gasteiger partial charge in [-0.15, -0.1) is 0 Å². The van der Waals surface area contributed by atoms with Crippen molar-refractivity contribution in [2.45, 2.75) is 4.90 Å². The molecule has 72 valence electrons. The molecule has 0 unspecified atom stereocenters. The van der Waals surface area contributed by atoms with Crippen molar-refractivity contribution in [3.8, 4) is 0 Å². The number of benzene rings is 1. The van der Waals surface area contributed by atoms with Crippen LogP contribution in [-0.4, -0.2) is 8.42 Å². The van der Waals surface area contributed by atoms with Crippen molar-refractivity contribution in [1.29, 1.82) is 0 Å². The van der Waals surface area contributed by atoms with Crippen LogP contribution in [0, 0.1) is 0 Å². The van der Waals surface area contributed by atoms with Crippen molar-refractivity contribution in [3.05, 3.63) is 26.1 Å². The van der Waals surface area contributed by atoms with Crippen LogP contribution in [0.15, 0.2) is 26.0 Å². The molecule has 0 aliphatic carbocycles. The van der Waals surface area contributed by atoms with E-state index in [-0.39, 0.29) is 9.92 Å². The molecule has 0 aliphatic rings. The van der Waals surface area contributed by atoms with Gasteiger partial charge in [-0.1, -0.05) is 11.6 Å². The first-order chi connectivity index (χ1) is 5.84. The minimum atomic E-state index is -3.78. The summed E-state index contributed by atoms with van der Waals surface area (Å²) in [5.74, 6) is 0. The first-order valence-electron chi connectivity index (χ1n) is 2.92. The molecule has 0 radical (unpaired) electrons. The maximum Gasteiger partial charge on any atom is 0.262 e. The van der Waals surface area contributed by atoms with Gasteiger partial charge in [-0.25, -0.2) is 8.42 Å². The van der Waals surface area contributed by atoms with Gasteiger partial charge >= 0.3 is 0 Å². The van der Waals surface area contributed by atoms with Crippen molar-refractivity contribution in [2.24, 2.45) is 0 Å². The Hall–Kier alpha value is 0.710. The maximum absolute atomic E-state index is 11.0. The quantitative estimate of drug-likeness (QED) is 0.558. The first kappa shape index (κ1) is 11.8. The normalized spacial score (nSPS) is 11.7. The molecule has 0 saturated heterocycles. The lowest BCUT2D eigenvalue weighted by Gasteiger charge is -2.03. The standard InChI is InChI=1S/C6H2Br2Cl2O2S/c7-3-1-2-4(13(10,11)12)6(9)5(3)8/h1-2H. The number of hydrogen-bond acceptors (Lipinski definition) is 2. The minimum Gasteiger partial charge on any atom is -0.207 e. The molecule has 0 atom stereocenters. The summed E-state index contributed by atoms with van der Waals surface area (Å²) in [6, 6.07) is 2.88. The van der Waals surface area contributed by atoms with Crippen LogP contribution >= 0.6 is 54.1 Å². The minimum absolute atomic E-state index is 0.0735. The Morgan fingerprint density at radius 2 is 1.77 bits per heavy atom. The molecule has 0 fully saturated rings. The molecule has 0 bridgehead atoms. The van der Waals surface area contributed by atoms with Gasteiger partial charge in [-0.2, -0.15) is 0 Å². The van der Waals surface area contributed by atoms with E-state index in [1.807, 2.05) is 0 Å². The summed E-state index contributed by atoms with van der Waals surface area (Å²) in [4.78, 5) is -0.106. The predicted molar refractivity (Wildman–Crippen MR) is 59.9 cm³/mol. The van der Waals surface area contributed by atoms with Gasteiger partial charge in [0.2, 0.25) is 0 Å². The third-order valence-corrected chi connectivity index (χ3v) is 5.38. The predicted octanol–water partition coefficient (Wildman–Crippen LogP) is 3.79. The van der Waals surface area contributed by atoms with Crippen molar-refractivity contribution in [3.63, 3.8) is 0 Å². The molecule has 1 aromatic carbocycles. The molecule has 13 heavy (non-hydrogen) atoms. The van der Waals surface area contributed by atoms with Crippen LogP contribution in [0.4, 0.5) is 0 Å². The Morgan fingerprint density at radius 3 is 2.23 bits per heavy atom. The largest absolute Gasteiger partial charge is 0.262 e. The molecule has 0 spiro atoms. The van der Waals surface area contributed by atoms with E-state index >= 15 is 0 Å². The van der Waals surface area contributed by atoms with Crippen molar-refractivity contribution < 1.29 is 8.42 Å². The highest BCUT2D eigenvalue weighted by Crippen LogP contribution is 2.36. The lowest BCUT2D eigenvalue weighted by atomic mass is 10.4. The van der Waals surface area contributed by atoms with E-state index in [0.717, 1.165) is 0 Å². The Morgan fingerprint density at radius 1 is 1.23 bits per heavy atom. The van der Waals surface area contributed by atoms with Crippen LogP contribution < -0.4 is 0 Å². The van der Waals surface area contributed by atoms with E-state index in [0.29, 0.717) is 8.95 Å².